The number of hydrogen-bond donors (Lipinski definition) is 1. The molecular weight excluding hydrogens is 304 g/mol. The fourth-order valence-electron chi connectivity index (χ4n) is 2.92. The predicted octanol–water partition coefficient (Wildman–Crippen LogP) is 3.00. The van der Waals surface area contributed by atoms with Gasteiger partial charge in [-0.15, -0.1) is 0 Å². The van der Waals surface area contributed by atoms with Gasteiger partial charge < -0.3 is 10.1 Å². The summed E-state index contributed by atoms with van der Waals surface area (Å²) in [5.41, 5.74) is 2.56. The SMILES string of the molecule is CCc1ccccc1N[C@H]1CC(=O)N(c2cccc(OC)c2)C1=O. The van der Waals surface area contributed by atoms with Crippen LogP contribution in [0.25, 0.3) is 0 Å². The summed E-state index contributed by atoms with van der Waals surface area (Å²) in [5.74, 6) is 0.166. The van der Waals surface area contributed by atoms with Crippen LogP contribution < -0.4 is 15.0 Å². The van der Waals surface area contributed by atoms with Crippen LogP contribution in [0.4, 0.5) is 11.4 Å². The molecule has 1 aliphatic heterocycles. The molecule has 1 N–H and O–H groups in total. The van der Waals surface area contributed by atoms with E-state index in [0.29, 0.717) is 11.4 Å². The summed E-state index contributed by atoms with van der Waals surface area (Å²) < 4.78 is 5.17. The smallest absolute Gasteiger partial charge is 0.256 e. The predicted molar refractivity (Wildman–Crippen MR) is 93.3 cm³/mol. The number of hydrogen-bond acceptors (Lipinski definition) is 4. The molecule has 24 heavy (non-hydrogen) atoms. The van der Waals surface area contributed by atoms with E-state index >= 15 is 0 Å². The van der Waals surface area contributed by atoms with Crippen molar-refractivity contribution in [3.05, 3.63) is 54.1 Å². The van der Waals surface area contributed by atoms with E-state index in [1.807, 2.05) is 24.3 Å². The van der Waals surface area contributed by atoms with Crippen LogP contribution in [0.3, 0.4) is 0 Å². The van der Waals surface area contributed by atoms with E-state index in [1.54, 1.807) is 31.4 Å². The summed E-state index contributed by atoms with van der Waals surface area (Å²) in [6.45, 7) is 2.06. The Morgan fingerprint density at radius 3 is 2.71 bits per heavy atom. The van der Waals surface area contributed by atoms with E-state index in [9.17, 15) is 9.59 Å². The minimum absolute atomic E-state index is 0.147. The fraction of sp³-hybridized carbons (Fsp3) is 0.263. The molecule has 0 unspecified atom stereocenters. The molecule has 3 rings (SSSR count). The van der Waals surface area contributed by atoms with Gasteiger partial charge in [0.25, 0.3) is 5.91 Å². The minimum Gasteiger partial charge on any atom is -0.497 e. The van der Waals surface area contributed by atoms with E-state index in [4.69, 9.17) is 4.74 Å². The van der Waals surface area contributed by atoms with E-state index < -0.39 is 6.04 Å². The summed E-state index contributed by atoms with van der Waals surface area (Å²) in [4.78, 5) is 26.3. The number of para-hydroxylation sites is 1. The number of nitrogens with zero attached hydrogens (tertiary/aromatic N) is 1. The molecule has 1 fully saturated rings. The molecule has 0 spiro atoms. The third-order valence-electron chi connectivity index (χ3n) is 4.19. The Balaban J connectivity index is 1.83. The first-order valence-electron chi connectivity index (χ1n) is 7.99. The number of anilines is 2. The number of imide groups is 1. The number of ether oxygens (including phenoxy) is 1. The van der Waals surface area contributed by atoms with Crippen LogP contribution in [-0.4, -0.2) is 25.0 Å². The van der Waals surface area contributed by atoms with E-state index in [2.05, 4.69) is 12.2 Å². The van der Waals surface area contributed by atoms with Crippen molar-refractivity contribution in [1.29, 1.82) is 0 Å². The molecule has 0 bridgehead atoms. The van der Waals surface area contributed by atoms with Gasteiger partial charge >= 0.3 is 0 Å². The highest BCUT2D eigenvalue weighted by molar-refractivity contribution is 6.23. The second-order valence-corrected chi connectivity index (χ2v) is 5.68. The van der Waals surface area contributed by atoms with Gasteiger partial charge in [0.2, 0.25) is 5.91 Å². The molecule has 124 valence electrons. The zero-order chi connectivity index (χ0) is 17.1. The number of aryl methyl sites for hydroxylation is 1. The average molecular weight is 324 g/mol. The lowest BCUT2D eigenvalue weighted by Crippen LogP contribution is -2.35. The maximum Gasteiger partial charge on any atom is 0.256 e. The van der Waals surface area contributed by atoms with Crippen LogP contribution >= 0.6 is 0 Å². The third kappa shape index (κ3) is 2.97. The highest BCUT2D eigenvalue weighted by atomic mass is 16.5. The molecule has 2 aromatic rings. The first-order chi connectivity index (χ1) is 11.6. The second kappa shape index (κ2) is 6.74. The van der Waals surface area contributed by atoms with Crippen LogP contribution in [0, 0.1) is 0 Å². The summed E-state index contributed by atoms with van der Waals surface area (Å²) in [6.07, 6.45) is 1.01. The largest absolute Gasteiger partial charge is 0.497 e. The Bertz CT molecular complexity index is 773. The first kappa shape index (κ1) is 16.1. The fourth-order valence-corrected chi connectivity index (χ4v) is 2.92. The molecule has 1 aliphatic rings. The standard InChI is InChI=1S/C19H20N2O3/c1-3-13-7-4-5-10-16(13)20-17-12-18(22)21(19(17)23)14-8-6-9-15(11-14)24-2/h4-11,17,20H,3,12H2,1-2H3/t17-/m0/s1. The second-order valence-electron chi connectivity index (χ2n) is 5.68. The average Bonchev–Trinajstić information content (AvgIpc) is 2.89. The highest BCUT2D eigenvalue weighted by Gasteiger charge is 2.39. The quantitative estimate of drug-likeness (QED) is 0.859. The normalized spacial score (nSPS) is 17.2. The molecule has 5 nitrogen and oxygen atoms in total. The summed E-state index contributed by atoms with van der Waals surface area (Å²) >= 11 is 0. The minimum atomic E-state index is -0.545. The molecule has 1 atom stereocenters. The van der Waals surface area contributed by atoms with Gasteiger partial charge in [-0.1, -0.05) is 31.2 Å². The van der Waals surface area contributed by atoms with Gasteiger partial charge in [0.05, 0.1) is 19.2 Å². The van der Waals surface area contributed by atoms with Gasteiger partial charge in [-0.05, 0) is 30.2 Å². The van der Waals surface area contributed by atoms with Crippen molar-refractivity contribution >= 4 is 23.2 Å². The topological polar surface area (TPSA) is 58.6 Å². The summed E-state index contributed by atoms with van der Waals surface area (Å²) in [5, 5.41) is 3.23. The third-order valence-corrected chi connectivity index (χ3v) is 4.19. The molecule has 1 saturated heterocycles. The number of rotatable bonds is 5. The number of carbonyl (C=O) groups excluding carboxylic acids is 2. The van der Waals surface area contributed by atoms with Crippen molar-refractivity contribution in [3.8, 4) is 5.75 Å². The van der Waals surface area contributed by atoms with Gasteiger partial charge in [0.1, 0.15) is 11.8 Å². The van der Waals surface area contributed by atoms with Crippen molar-refractivity contribution < 1.29 is 14.3 Å². The molecule has 5 heteroatoms. The van der Waals surface area contributed by atoms with E-state index in [1.165, 1.54) is 4.90 Å². The van der Waals surface area contributed by atoms with Crippen LogP contribution in [0.5, 0.6) is 5.75 Å². The maximum absolute atomic E-state index is 12.7. The van der Waals surface area contributed by atoms with E-state index in [0.717, 1.165) is 17.7 Å². The highest BCUT2D eigenvalue weighted by Crippen LogP contribution is 2.28. The molecule has 2 aromatic carbocycles. The number of amides is 2. The maximum atomic E-state index is 12.7. The molecule has 0 aromatic heterocycles. The molecule has 1 heterocycles. The van der Waals surface area contributed by atoms with Crippen LogP contribution in [0.2, 0.25) is 0 Å². The van der Waals surface area contributed by atoms with E-state index in [-0.39, 0.29) is 18.2 Å². The van der Waals surface area contributed by atoms with Crippen LogP contribution in [-0.2, 0) is 16.0 Å². The van der Waals surface area contributed by atoms with Crippen molar-refractivity contribution in [2.75, 3.05) is 17.3 Å². The Kier molecular flexibility index (Phi) is 4.51. The Morgan fingerprint density at radius 2 is 1.96 bits per heavy atom. The van der Waals surface area contributed by atoms with Gasteiger partial charge in [-0.2, -0.15) is 0 Å². The van der Waals surface area contributed by atoms with Crippen LogP contribution in [0.1, 0.15) is 18.9 Å². The molecular formula is C19H20N2O3. The Hall–Kier alpha value is -2.82. The van der Waals surface area contributed by atoms with Gasteiger partial charge in [-0.3, -0.25) is 9.59 Å². The van der Waals surface area contributed by atoms with Crippen molar-refractivity contribution in [2.45, 2.75) is 25.8 Å². The van der Waals surface area contributed by atoms with Gasteiger partial charge in [0, 0.05) is 11.8 Å². The zero-order valence-corrected chi connectivity index (χ0v) is 13.8. The molecule has 0 saturated carbocycles. The van der Waals surface area contributed by atoms with Crippen molar-refractivity contribution in [2.24, 2.45) is 0 Å². The van der Waals surface area contributed by atoms with Gasteiger partial charge in [0.15, 0.2) is 0 Å². The zero-order valence-electron chi connectivity index (χ0n) is 13.8. The lowest BCUT2D eigenvalue weighted by Gasteiger charge is -2.18. The van der Waals surface area contributed by atoms with Crippen molar-refractivity contribution in [3.63, 3.8) is 0 Å². The number of carbonyl (C=O) groups is 2. The monoisotopic (exact) mass is 324 g/mol. The number of benzene rings is 2. The Morgan fingerprint density at radius 1 is 1.17 bits per heavy atom. The molecule has 2 amide bonds. The summed E-state index contributed by atoms with van der Waals surface area (Å²) in [6, 6.07) is 14.3. The Labute approximate surface area is 141 Å². The molecule has 0 aliphatic carbocycles. The van der Waals surface area contributed by atoms with Crippen molar-refractivity contribution in [1.82, 2.24) is 0 Å². The van der Waals surface area contributed by atoms with Crippen LogP contribution in [0.15, 0.2) is 48.5 Å². The lowest BCUT2D eigenvalue weighted by molar-refractivity contribution is -0.121. The lowest BCUT2D eigenvalue weighted by atomic mass is 10.1. The summed E-state index contributed by atoms with van der Waals surface area (Å²) in [7, 11) is 1.55. The number of nitrogens with one attached hydrogen (secondary N) is 1. The first-order valence-corrected chi connectivity index (χ1v) is 7.99. The number of methoxy groups -OCH3 is 1. The molecule has 0 radical (unpaired) electrons. The van der Waals surface area contributed by atoms with Gasteiger partial charge in [-0.25, -0.2) is 4.90 Å².